The molecule has 3 heteroatoms. The molecule has 1 unspecified atom stereocenters. The summed E-state index contributed by atoms with van der Waals surface area (Å²) in [6.07, 6.45) is 6.08. The number of ether oxygens (including phenoxy) is 3. The Morgan fingerprint density at radius 1 is 1.69 bits per heavy atom. The summed E-state index contributed by atoms with van der Waals surface area (Å²) >= 11 is 0. The lowest BCUT2D eigenvalue weighted by Gasteiger charge is -2.37. The zero-order valence-electron chi connectivity index (χ0n) is 7.62. The summed E-state index contributed by atoms with van der Waals surface area (Å²) in [5.41, 5.74) is 1.27. The van der Waals surface area contributed by atoms with Gasteiger partial charge in [0.2, 0.25) is 5.79 Å². The molecule has 1 atom stereocenters. The largest absolute Gasteiger partial charge is 0.501 e. The van der Waals surface area contributed by atoms with Gasteiger partial charge in [-0.2, -0.15) is 0 Å². The molecule has 0 N–H and O–H groups in total. The van der Waals surface area contributed by atoms with Crippen LogP contribution in [0.1, 0.15) is 19.3 Å². The minimum Gasteiger partial charge on any atom is -0.501 e. The van der Waals surface area contributed by atoms with E-state index >= 15 is 0 Å². The fraction of sp³-hybridized carbons (Fsp3) is 0.600. The fourth-order valence-corrected chi connectivity index (χ4v) is 1.60. The van der Waals surface area contributed by atoms with E-state index in [-0.39, 0.29) is 5.79 Å². The van der Waals surface area contributed by atoms with Crippen LogP contribution in [0.4, 0.5) is 0 Å². The van der Waals surface area contributed by atoms with Crippen molar-refractivity contribution in [2.75, 3.05) is 13.2 Å². The highest BCUT2D eigenvalue weighted by molar-refractivity contribution is 5.10. The van der Waals surface area contributed by atoms with Gasteiger partial charge in [-0.05, 0) is 5.57 Å². The van der Waals surface area contributed by atoms with Crippen LogP contribution in [0.2, 0.25) is 0 Å². The second-order valence-corrected chi connectivity index (χ2v) is 3.37. The second kappa shape index (κ2) is 3.42. The molecule has 0 aromatic rings. The molecule has 0 bridgehead atoms. The van der Waals surface area contributed by atoms with Gasteiger partial charge >= 0.3 is 0 Å². The Morgan fingerprint density at radius 2 is 2.54 bits per heavy atom. The maximum absolute atomic E-state index is 5.45. The molecule has 2 aliphatic heterocycles. The Bertz CT molecular complexity index is 228. The van der Waals surface area contributed by atoms with Crippen molar-refractivity contribution in [2.24, 2.45) is 0 Å². The SMILES string of the molecule is C=COCCC1=COC2(CCO2)C1. The number of rotatable bonds is 4. The highest BCUT2D eigenvalue weighted by Gasteiger charge is 2.43. The van der Waals surface area contributed by atoms with Crippen LogP contribution in [0.15, 0.2) is 24.7 Å². The minimum absolute atomic E-state index is 0.288. The summed E-state index contributed by atoms with van der Waals surface area (Å²) in [4.78, 5) is 0. The normalized spacial score (nSPS) is 30.6. The van der Waals surface area contributed by atoms with Gasteiger partial charge in [-0.25, -0.2) is 0 Å². The zero-order valence-corrected chi connectivity index (χ0v) is 7.62. The van der Waals surface area contributed by atoms with Gasteiger partial charge in [0.25, 0.3) is 0 Å². The van der Waals surface area contributed by atoms with E-state index < -0.39 is 0 Å². The van der Waals surface area contributed by atoms with Crippen LogP contribution >= 0.6 is 0 Å². The van der Waals surface area contributed by atoms with E-state index in [2.05, 4.69) is 6.58 Å². The van der Waals surface area contributed by atoms with Crippen LogP contribution in [-0.4, -0.2) is 19.0 Å². The monoisotopic (exact) mass is 182 g/mol. The van der Waals surface area contributed by atoms with Crippen LogP contribution in [0, 0.1) is 0 Å². The van der Waals surface area contributed by atoms with Crippen LogP contribution in [0.3, 0.4) is 0 Å². The van der Waals surface area contributed by atoms with Crippen molar-refractivity contribution < 1.29 is 14.2 Å². The lowest BCUT2D eigenvalue weighted by Crippen LogP contribution is -2.43. The molecular formula is C10H14O3. The molecule has 0 amide bonds. The van der Waals surface area contributed by atoms with Crippen molar-refractivity contribution in [2.45, 2.75) is 25.0 Å². The van der Waals surface area contributed by atoms with E-state index in [1.165, 1.54) is 11.8 Å². The van der Waals surface area contributed by atoms with Crippen molar-refractivity contribution in [3.63, 3.8) is 0 Å². The van der Waals surface area contributed by atoms with Crippen LogP contribution < -0.4 is 0 Å². The molecule has 0 radical (unpaired) electrons. The fourth-order valence-electron chi connectivity index (χ4n) is 1.60. The molecule has 0 aliphatic carbocycles. The number of hydrogen-bond acceptors (Lipinski definition) is 3. The van der Waals surface area contributed by atoms with Gasteiger partial charge < -0.3 is 14.2 Å². The Balaban J connectivity index is 1.73. The minimum atomic E-state index is -0.288. The third-order valence-electron chi connectivity index (χ3n) is 2.44. The van der Waals surface area contributed by atoms with Crippen LogP contribution in [-0.2, 0) is 14.2 Å². The molecule has 2 heterocycles. The van der Waals surface area contributed by atoms with Crippen molar-refractivity contribution in [1.82, 2.24) is 0 Å². The first-order chi connectivity index (χ1) is 6.35. The molecule has 0 aromatic carbocycles. The predicted octanol–water partition coefficient (Wildman–Crippen LogP) is 1.96. The molecule has 1 fully saturated rings. The first-order valence-electron chi connectivity index (χ1n) is 4.57. The maximum atomic E-state index is 5.45. The molecule has 3 nitrogen and oxygen atoms in total. The Morgan fingerprint density at radius 3 is 3.08 bits per heavy atom. The van der Waals surface area contributed by atoms with Crippen molar-refractivity contribution in [3.8, 4) is 0 Å². The Kier molecular flexibility index (Phi) is 2.27. The lowest BCUT2D eigenvalue weighted by atomic mass is 10.0. The van der Waals surface area contributed by atoms with Gasteiger partial charge in [0.1, 0.15) is 0 Å². The van der Waals surface area contributed by atoms with E-state index in [1.54, 1.807) is 0 Å². The van der Waals surface area contributed by atoms with Gasteiger partial charge in [-0.15, -0.1) is 0 Å². The first-order valence-corrected chi connectivity index (χ1v) is 4.57. The average Bonchev–Trinajstić information content (AvgIpc) is 2.49. The topological polar surface area (TPSA) is 27.7 Å². The van der Waals surface area contributed by atoms with E-state index in [1.807, 2.05) is 6.26 Å². The predicted molar refractivity (Wildman–Crippen MR) is 47.9 cm³/mol. The summed E-state index contributed by atoms with van der Waals surface area (Å²) in [5.74, 6) is -0.288. The molecule has 2 rings (SSSR count). The molecule has 72 valence electrons. The Labute approximate surface area is 78.0 Å². The lowest BCUT2D eigenvalue weighted by molar-refractivity contribution is -0.272. The summed E-state index contributed by atoms with van der Waals surface area (Å²) in [7, 11) is 0. The summed E-state index contributed by atoms with van der Waals surface area (Å²) in [5, 5.41) is 0. The maximum Gasteiger partial charge on any atom is 0.215 e. The van der Waals surface area contributed by atoms with E-state index in [9.17, 15) is 0 Å². The molecule has 0 aromatic heterocycles. The number of hydrogen-bond donors (Lipinski definition) is 0. The summed E-state index contributed by atoms with van der Waals surface area (Å²) < 4.78 is 15.9. The quantitative estimate of drug-likeness (QED) is 0.491. The third kappa shape index (κ3) is 1.70. The van der Waals surface area contributed by atoms with Crippen molar-refractivity contribution in [1.29, 1.82) is 0 Å². The Hall–Kier alpha value is -0.960. The molecular weight excluding hydrogens is 168 g/mol. The average molecular weight is 182 g/mol. The zero-order chi connectivity index (χ0) is 9.15. The highest BCUT2D eigenvalue weighted by atomic mass is 16.7. The van der Waals surface area contributed by atoms with Gasteiger partial charge in [-0.1, -0.05) is 6.58 Å². The highest BCUT2D eigenvalue weighted by Crippen LogP contribution is 2.40. The van der Waals surface area contributed by atoms with Crippen LogP contribution in [0.5, 0.6) is 0 Å². The van der Waals surface area contributed by atoms with Gasteiger partial charge in [0, 0.05) is 19.3 Å². The van der Waals surface area contributed by atoms with Gasteiger partial charge in [0.15, 0.2) is 0 Å². The summed E-state index contributed by atoms with van der Waals surface area (Å²) in [6, 6.07) is 0. The van der Waals surface area contributed by atoms with Crippen molar-refractivity contribution in [3.05, 3.63) is 24.7 Å². The standard InChI is InChI=1S/C10H14O3/c1-2-11-5-3-9-7-10(13-8-9)4-6-12-10/h2,8H,1,3-7H2. The van der Waals surface area contributed by atoms with Gasteiger partial charge in [0.05, 0.1) is 25.7 Å². The molecule has 2 aliphatic rings. The second-order valence-electron chi connectivity index (χ2n) is 3.37. The van der Waals surface area contributed by atoms with Gasteiger partial charge in [-0.3, -0.25) is 0 Å². The van der Waals surface area contributed by atoms with Crippen LogP contribution in [0.25, 0.3) is 0 Å². The van der Waals surface area contributed by atoms with E-state index in [0.717, 1.165) is 25.9 Å². The first kappa shape index (κ1) is 8.63. The molecule has 1 saturated heterocycles. The molecule has 13 heavy (non-hydrogen) atoms. The van der Waals surface area contributed by atoms with E-state index in [0.29, 0.717) is 6.61 Å². The smallest absolute Gasteiger partial charge is 0.215 e. The van der Waals surface area contributed by atoms with Crippen molar-refractivity contribution >= 4 is 0 Å². The third-order valence-corrected chi connectivity index (χ3v) is 2.44. The summed E-state index contributed by atoms with van der Waals surface area (Å²) in [6.45, 7) is 4.98. The van der Waals surface area contributed by atoms with E-state index in [4.69, 9.17) is 14.2 Å². The molecule has 0 saturated carbocycles. The molecule has 1 spiro atoms.